The van der Waals surface area contributed by atoms with Crippen LogP contribution in [0.4, 0.5) is 8.78 Å². The monoisotopic (exact) mass is 284 g/mol. The molecule has 0 saturated heterocycles. The van der Waals surface area contributed by atoms with Crippen molar-refractivity contribution in [3.8, 4) is 5.75 Å². The van der Waals surface area contributed by atoms with Crippen molar-refractivity contribution in [2.45, 2.75) is 31.9 Å². The molecule has 112 valence electrons. The molecule has 1 aromatic carbocycles. The maximum atomic E-state index is 12.1. The number of nitrogens with one attached hydrogen (secondary N) is 1. The lowest BCUT2D eigenvalue weighted by molar-refractivity contribution is 0.0935. The normalized spacial score (nSPS) is 15.1. The van der Waals surface area contributed by atoms with E-state index in [1.807, 2.05) is 24.3 Å². The molecule has 0 spiro atoms. The topological polar surface area (TPSA) is 24.5 Å². The van der Waals surface area contributed by atoms with Crippen LogP contribution in [0, 0.1) is 0 Å². The number of rotatable bonds is 9. The smallest absolute Gasteiger partial charge is 0.251 e. The number of likely N-dealkylation sites (N-methyl/N-ethyl adjacent to an activating group) is 1. The van der Waals surface area contributed by atoms with Gasteiger partial charge in [-0.2, -0.15) is 0 Å². The number of hydrogen-bond donors (Lipinski definition) is 1. The van der Waals surface area contributed by atoms with Crippen molar-refractivity contribution in [1.82, 2.24) is 10.2 Å². The first-order chi connectivity index (χ1) is 9.63. The van der Waals surface area contributed by atoms with Crippen LogP contribution in [0.1, 0.15) is 18.4 Å². The highest BCUT2D eigenvalue weighted by atomic mass is 19.3. The van der Waals surface area contributed by atoms with Gasteiger partial charge in [0.05, 0.1) is 6.54 Å². The van der Waals surface area contributed by atoms with Crippen LogP contribution in [0.2, 0.25) is 0 Å². The van der Waals surface area contributed by atoms with Crippen LogP contribution in [0.15, 0.2) is 24.3 Å². The van der Waals surface area contributed by atoms with Crippen molar-refractivity contribution in [3.63, 3.8) is 0 Å². The summed E-state index contributed by atoms with van der Waals surface area (Å²) in [6.07, 6.45) is 0.277. The number of nitrogens with zero attached hydrogens (tertiary/aromatic N) is 1. The zero-order valence-corrected chi connectivity index (χ0v) is 11.8. The Morgan fingerprint density at radius 1 is 1.30 bits per heavy atom. The highest BCUT2D eigenvalue weighted by molar-refractivity contribution is 5.27. The second kappa shape index (κ2) is 7.55. The first-order valence-electron chi connectivity index (χ1n) is 7.05. The molecule has 0 unspecified atom stereocenters. The number of halogens is 2. The molecule has 0 aliphatic heterocycles. The lowest BCUT2D eigenvalue weighted by Gasteiger charge is -2.16. The van der Waals surface area contributed by atoms with Gasteiger partial charge in [-0.3, -0.25) is 4.90 Å². The van der Waals surface area contributed by atoms with Crippen LogP contribution >= 0.6 is 0 Å². The van der Waals surface area contributed by atoms with Gasteiger partial charge in [0.25, 0.3) is 6.43 Å². The van der Waals surface area contributed by atoms with E-state index < -0.39 is 6.43 Å². The average molecular weight is 284 g/mol. The van der Waals surface area contributed by atoms with E-state index in [9.17, 15) is 8.78 Å². The molecule has 0 atom stereocenters. The number of ether oxygens (including phenoxy) is 1. The fourth-order valence-corrected chi connectivity index (χ4v) is 1.90. The summed E-state index contributed by atoms with van der Waals surface area (Å²) >= 11 is 0. The highest BCUT2D eigenvalue weighted by Crippen LogP contribution is 2.19. The highest BCUT2D eigenvalue weighted by Gasteiger charge is 2.19. The molecule has 5 heteroatoms. The molecular weight excluding hydrogens is 262 g/mol. The Morgan fingerprint density at radius 3 is 2.60 bits per heavy atom. The molecule has 1 N–H and O–H groups in total. The quantitative estimate of drug-likeness (QED) is 0.754. The fourth-order valence-electron chi connectivity index (χ4n) is 1.90. The summed E-state index contributed by atoms with van der Waals surface area (Å²) in [6, 6.07) is 8.63. The largest absolute Gasteiger partial charge is 0.492 e. The van der Waals surface area contributed by atoms with Gasteiger partial charge in [0, 0.05) is 19.1 Å². The van der Waals surface area contributed by atoms with E-state index in [4.69, 9.17) is 4.74 Å². The maximum Gasteiger partial charge on any atom is 0.251 e. The number of benzene rings is 1. The van der Waals surface area contributed by atoms with Crippen LogP contribution < -0.4 is 10.1 Å². The van der Waals surface area contributed by atoms with Crippen molar-refractivity contribution in [3.05, 3.63) is 29.8 Å². The molecule has 1 fully saturated rings. The van der Waals surface area contributed by atoms with Crippen LogP contribution in [-0.4, -0.2) is 44.1 Å². The SMILES string of the molecule is CN(CCOc1ccc(CNC2CC2)cc1)CC(F)F. The average Bonchev–Trinajstić information content (AvgIpc) is 3.21. The lowest BCUT2D eigenvalue weighted by Crippen LogP contribution is -2.28. The molecule has 3 nitrogen and oxygen atoms in total. The fraction of sp³-hybridized carbons (Fsp3) is 0.600. The molecular formula is C15H22F2N2O. The standard InChI is InChI=1S/C15H22F2N2O/c1-19(11-15(16)17)8-9-20-14-6-2-12(3-7-14)10-18-13-4-5-13/h2-3,6-7,13,15,18H,4-5,8-11H2,1H3. The van der Waals surface area contributed by atoms with Gasteiger partial charge < -0.3 is 10.1 Å². The second-order valence-corrected chi connectivity index (χ2v) is 5.30. The summed E-state index contributed by atoms with van der Waals surface area (Å²) in [5.74, 6) is 0.783. The molecule has 20 heavy (non-hydrogen) atoms. The number of alkyl halides is 2. The van der Waals surface area contributed by atoms with Crippen LogP contribution in [0.5, 0.6) is 5.75 Å². The van der Waals surface area contributed by atoms with E-state index in [0.717, 1.165) is 12.3 Å². The lowest BCUT2D eigenvalue weighted by atomic mass is 10.2. The van der Waals surface area contributed by atoms with Crippen molar-refractivity contribution in [1.29, 1.82) is 0 Å². The summed E-state index contributed by atoms with van der Waals surface area (Å²) in [6.45, 7) is 1.59. The zero-order valence-electron chi connectivity index (χ0n) is 11.8. The molecule has 1 aliphatic rings. The zero-order chi connectivity index (χ0) is 14.4. The summed E-state index contributed by atoms with van der Waals surface area (Å²) < 4.78 is 29.8. The van der Waals surface area contributed by atoms with Gasteiger partial charge in [-0.25, -0.2) is 8.78 Å². The Balaban J connectivity index is 1.64. The molecule has 0 bridgehead atoms. The van der Waals surface area contributed by atoms with Crippen LogP contribution in [0.25, 0.3) is 0 Å². The molecule has 0 radical (unpaired) electrons. The van der Waals surface area contributed by atoms with Gasteiger partial charge in [-0.1, -0.05) is 12.1 Å². The summed E-state index contributed by atoms with van der Waals surface area (Å²) in [4.78, 5) is 1.57. The third kappa shape index (κ3) is 5.84. The van der Waals surface area contributed by atoms with E-state index in [1.165, 1.54) is 18.4 Å². The Morgan fingerprint density at radius 2 is 2.00 bits per heavy atom. The Kier molecular flexibility index (Phi) is 5.73. The molecule has 0 heterocycles. The van der Waals surface area contributed by atoms with Crippen molar-refractivity contribution in [2.24, 2.45) is 0 Å². The first-order valence-corrected chi connectivity index (χ1v) is 7.05. The van der Waals surface area contributed by atoms with Gasteiger partial charge in [0.15, 0.2) is 0 Å². The maximum absolute atomic E-state index is 12.1. The van der Waals surface area contributed by atoms with E-state index in [1.54, 1.807) is 11.9 Å². The summed E-state index contributed by atoms with van der Waals surface area (Å²) in [7, 11) is 1.67. The first kappa shape index (κ1) is 15.2. The van der Waals surface area contributed by atoms with Crippen molar-refractivity contribution in [2.75, 3.05) is 26.7 Å². The van der Waals surface area contributed by atoms with E-state index >= 15 is 0 Å². The van der Waals surface area contributed by atoms with Gasteiger partial charge in [-0.05, 0) is 37.6 Å². The van der Waals surface area contributed by atoms with E-state index in [-0.39, 0.29) is 6.54 Å². The van der Waals surface area contributed by atoms with Crippen molar-refractivity contribution >= 4 is 0 Å². The molecule has 1 aromatic rings. The van der Waals surface area contributed by atoms with Crippen LogP contribution in [0.3, 0.4) is 0 Å². The van der Waals surface area contributed by atoms with Gasteiger partial charge in [0.1, 0.15) is 12.4 Å². The summed E-state index contributed by atoms with van der Waals surface area (Å²) in [5.41, 5.74) is 1.24. The predicted molar refractivity (Wildman–Crippen MR) is 75.3 cm³/mol. The van der Waals surface area contributed by atoms with E-state index in [0.29, 0.717) is 19.2 Å². The third-order valence-electron chi connectivity index (χ3n) is 3.29. The van der Waals surface area contributed by atoms with Gasteiger partial charge in [0.2, 0.25) is 0 Å². The second-order valence-electron chi connectivity index (χ2n) is 5.30. The van der Waals surface area contributed by atoms with Crippen LogP contribution in [-0.2, 0) is 6.54 Å². The molecule has 1 aliphatic carbocycles. The van der Waals surface area contributed by atoms with E-state index in [2.05, 4.69) is 5.32 Å². The summed E-state index contributed by atoms with van der Waals surface area (Å²) in [5, 5.41) is 3.45. The molecule has 1 saturated carbocycles. The number of hydrogen-bond acceptors (Lipinski definition) is 3. The minimum absolute atomic E-state index is 0.213. The van der Waals surface area contributed by atoms with Gasteiger partial charge >= 0.3 is 0 Å². The molecule has 2 rings (SSSR count). The molecule has 0 amide bonds. The Bertz CT molecular complexity index is 393. The Hall–Kier alpha value is -1.20. The predicted octanol–water partition coefficient (Wildman–Crippen LogP) is 2.51. The Labute approximate surface area is 118 Å². The minimum atomic E-state index is -2.29. The van der Waals surface area contributed by atoms with Crippen molar-refractivity contribution < 1.29 is 13.5 Å². The molecule has 0 aromatic heterocycles. The third-order valence-corrected chi connectivity index (χ3v) is 3.29. The minimum Gasteiger partial charge on any atom is -0.492 e. The van der Waals surface area contributed by atoms with Gasteiger partial charge in [-0.15, -0.1) is 0 Å².